The minimum Gasteiger partial charge on any atom is -0.366 e. The predicted molar refractivity (Wildman–Crippen MR) is 179 cm³/mol. The number of likely N-dealkylation sites (N-methyl/N-ethyl adjacent to an activating group) is 1. The lowest BCUT2D eigenvalue weighted by Crippen LogP contribution is -2.42. The summed E-state index contributed by atoms with van der Waals surface area (Å²) in [5, 5.41) is 2.88. The van der Waals surface area contributed by atoms with Crippen LogP contribution in [0.25, 0.3) is 27.5 Å². The Morgan fingerprint density at radius 3 is 1.93 bits per heavy atom. The monoisotopic (exact) mass is 577 g/mol. The molecule has 5 aromatic carbocycles. The molecule has 2 unspecified atom stereocenters. The van der Waals surface area contributed by atoms with Gasteiger partial charge in [-0.25, -0.2) is 0 Å². The van der Waals surface area contributed by atoms with Gasteiger partial charge < -0.3 is 14.4 Å². The smallest absolute Gasteiger partial charge is 0.0632 e. The zero-order chi connectivity index (χ0) is 27.8. The Kier molecular flexibility index (Phi) is 5.41. The normalized spacial score (nSPS) is 18.8. The Morgan fingerprint density at radius 2 is 1.24 bits per heavy atom. The van der Waals surface area contributed by atoms with E-state index in [0.717, 1.165) is 0 Å². The minimum absolute atomic E-state index is 0.296. The molecular weight excluding hydrogens is 551 g/mol. The van der Waals surface area contributed by atoms with Crippen molar-refractivity contribution < 1.29 is 0 Å². The highest BCUT2D eigenvalue weighted by atomic mass is 32.2. The Morgan fingerprint density at radius 1 is 0.619 bits per heavy atom. The van der Waals surface area contributed by atoms with Crippen LogP contribution in [0, 0.1) is 0 Å². The van der Waals surface area contributed by atoms with E-state index >= 15 is 0 Å². The van der Waals surface area contributed by atoms with E-state index in [1.54, 1.807) is 0 Å². The maximum atomic E-state index is 2.48. The van der Waals surface area contributed by atoms with Crippen molar-refractivity contribution in [2.24, 2.45) is 0 Å². The molecule has 2 aliphatic heterocycles. The minimum atomic E-state index is 0.296. The maximum absolute atomic E-state index is 2.48. The summed E-state index contributed by atoms with van der Waals surface area (Å²) < 4.78 is 2.42. The number of rotatable bonds is 2. The van der Waals surface area contributed by atoms with Crippen LogP contribution in [0.3, 0.4) is 0 Å². The van der Waals surface area contributed by atoms with Gasteiger partial charge in [-0.15, -0.1) is 11.8 Å². The number of allylic oxidation sites excluding steroid dienone is 1. The number of para-hydroxylation sites is 4. The number of nitrogens with zero attached hydrogens (tertiary/aromatic N) is 3. The Labute approximate surface area is 253 Å². The molecule has 9 rings (SSSR count). The second kappa shape index (κ2) is 9.35. The van der Waals surface area contributed by atoms with Gasteiger partial charge in [-0.2, -0.15) is 0 Å². The molecule has 3 nitrogen and oxygen atoms in total. The molecule has 0 N–H and O–H groups in total. The van der Waals surface area contributed by atoms with Crippen LogP contribution in [0.5, 0.6) is 0 Å². The number of aromatic nitrogens is 1. The van der Waals surface area contributed by atoms with Crippen molar-refractivity contribution in [3.8, 4) is 5.69 Å². The molecule has 0 bridgehead atoms. The summed E-state index contributed by atoms with van der Waals surface area (Å²) in [7, 11) is 2.24. The number of hydrogen-bond donors (Lipinski definition) is 0. The Bertz CT molecular complexity index is 2010. The van der Waals surface area contributed by atoms with Crippen molar-refractivity contribution in [1.29, 1.82) is 0 Å². The van der Waals surface area contributed by atoms with Gasteiger partial charge in [0, 0.05) is 43.9 Å². The largest absolute Gasteiger partial charge is 0.366 e. The molecule has 5 heteroatoms. The van der Waals surface area contributed by atoms with Crippen molar-refractivity contribution in [2.75, 3.05) is 16.8 Å². The second-order valence-corrected chi connectivity index (χ2v) is 13.3. The zero-order valence-electron chi connectivity index (χ0n) is 23.0. The fourth-order valence-corrected chi connectivity index (χ4v) is 9.24. The molecule has 6 aromatic rings. The second-order valence-electron chi connectivity index (χ2n) is 11.0. The highest BCUT2D eigenvalue weighted by Gasteiger charge is 2.35. The third-order valence-electron chi connectivity index (χ3n) is 8.70. The van der Waals surface area contributed by atoms with Crippen molar-refractivity contribution in [2.45, 2.75) is 26.0 Å². The topological polar surface area (TPSA) is 11.4 Å². The number of thioether (sulfide) groups is 1. The molecule has 1 aromatic heterocycles. The predicted octanol–water partition coefficient (Wildman–Crippen LogP) is 9.82. The third-order valence-corrected chi connectivity index (χ3v) is 11.1. The fraction of sp³-hybridized carbons (Fsp3) is 0.0811. The Balaban J connectivity index is 1.14. The van der Waals surface area contributed by atoms with Crippen molar-refractivity contribution in [3.63, 3.8) is 0 Å². The van der Waals surface area contributed by atoms with Crippen molar-refractivity contribution >= 4 is 62.4 Å². The molecule has 0 saturated heterocycles. The molecule has 42 heavy (non-hydrogen) atoms. The molecule has 0 fully saturated rings. The summed E-state index contributed by atoms with van der Waals surface area (Å²) >= 11 is 3.84. The number of fused-ring (bicyclic) bond motifs is 7. The first-order valence-corrected chi connectivity index (χ1v) is 16.0. The van der Waals surface area contributed by atoms with E-state index in [4.69, 9.17) is 0 Å². The Hall–Kier alpha value is -4.32. The van der Waals surface area contributed by atoms with Gasteiger partial charge in [0.1, 0.15) is 0 Å². The van der Waals surface area contributed by atoms with Crippen molar-refractivity contribution in [1.82, 2.24) is 4.57 Å². The molecule has 0 spiro atoms. The van der Waals surface area contributed by atoms with Crippen LogP contribution in [0.2, 0.25) is 0 Å². The van der Waals surface area contributed by atoms with E-state index < -0.39 is 0 Å². The molecule has 1 aliphatic carbocycles. The van der Waals surface area contributed by atoms with E-state index in [1.807, 2.05) is 23.5 Å². The van der Waals surface area contributed by atoms with Gasteiger partial charge in [0.15, 0.2) is 0 Å². The molecule has 3 aliphatic rings. The molecule has 0 radical (unpaired) electrons. The summed E-state index contributed by atoms with van der Waals surface area (Å²) in [6.07, 6.45) is 7.19. The van der Waals surface area contributed by atoms with Crippen molar-refractivity contribution in [3.05, 3.63) is 139 Å². The molecule has 2 atom stereocenters. The quantitative estimate of drug-likeness (QED) is 0.203. The number of hydrogen-bond acceptors (Lipinski definition) is 4. The summed E-state index contributed by atoms with van der Waals surface area (Å²) in [6, 6.07) is 42.3. The average Bonchev–Trinajstić information content (AvgIpc) is 3.38. The van der Waals surface area contributed by atoms with Crippen LogP contribution < -0.4 is 9.80 Å². The standard InChI is InChI=1S/C37H27N3S2/c1-38-30-20-18-24(39-28-12-4-2-10-26(28)27-11-3-5-13-29(27)39)22-36(30)42-37-23-25(19-21-31(37)38)40-32-14-6-8-16-34(32)41-35-17-9-7-15-33(35)40/h2-23,31,37H,1H3. The van der Waals surface area contributed by atoms with Gasteiger partial charge >= 0.3 is 0 Å². The fourth-order valence-electron chi connectivity index (χ4n) is 6.75. The van der Waals surface area contributed by atoms with Crippen LogP contribution >= 0.6 is 23.5 Å². The summed E-state index contributed by atoms with van der Waals surface area (Å²) in [6.45, 7) is 0. The molecule has 0 saturated carbocycles. The lowest BCUT2D eigenvalue weighted by Gasteiger charge is -2.42. The van der Waals surface area contributed by atoms with Gasteiger partial charge in [-0.1, -0.05) is 78.5 Å². The first-order chi connectivity index (χ1) is 20.7. The van der Waals surface area contributed by atoms with Crippen LogP contribution in [0.1, 0.15) is 0 Å². The lowest BCUT2D eigenvalue weighted by atomic mass is 10.0. The van der Waals surface area contributed by atoms with E-state index in [-0.39, 0.29) is 0 Å². The number of anilines is 3. The lowest BCUT2D eigenvalue weighted by molar-refractivity contribution is 0.739. The highest BCUT2D eigenvalue weighted by molar-refractivity contribution is 8.00. The third kappa shape index (κ3) is 3.57. The molecule has 202 valence electrons. The van der Waals surface area contributed by atoms with Gasteiger partial charge in [-0.05, 0) is 66.7 Å². The van der Waals surface area contributed by atoms with Gasteiger partial charge in [0.25, 0.3) is 0 Å². The maximum Gasteiger partial charge on any atom is 0.0632 e. The SMILES string of the molecule is CN1c2ccc(-n3c4ccccc4c4ccccc43)cc2SC2C=C(N3c4ccccc4Sc4ccccc43)C=CC21. The first kappa shape index (κ1) is 24.3. The average molecular weight is 578 g/mol. The van der Waals surface area contributed by atoms with E-state index in [0.29, 0.717) is 11.3 Å². The van der Waals surface area contributed by atoms with Gasteiger partial charge in [0.05, 0.1) is 39.4 Å². The van der Waals surface area contributed by atoms with E-state index in [9.17, 15) is 0 Å². The van der Waals surface area contributed by atoms with Crippen LogP contribution in [0.15, 0.2) is 154 Å². The molecule has 0 amide bonds. The highest BCUT2D eigenvalue weighted by Crippen LogP contribution is 2.51. The van der Waals surface area contributed by atoms with Gasteiger partial charge in [-0.3, -0.25) is 0 Å². The summed E-state index contributed by atoms with van der Waals surface area (Å²) in [5.74, 6) is 0. The number of benzene rings is 5. The van der Waals surface area contributed by atoms with Crippen LogP contribution in [-0.2, 0) is 0 Å². The van der Waals surface area contributed by atoms with Crippen LogP contribution in [0.4, 0.5) is 17.1 Å². The van der Waals surface area contributed by atoms with E-state index in [1.165, 1.54) is 64.9 Å². The molecular formula is C37H27N3S2. The summed E-state index contributed by atoms with van der Waals surface area (Å²) in [4.78, 5) is 8.80. The molecule has 3 heterocycles. The zero-order valence-corrected chi connectivity index (χ0v) is 24.6. The first-order valence-electron chi connectivity index (χ1n) is 14.3. The van der Waals surface area contributed by atoms with Gasteiger partial charge in [0.2, 0.25) is 0 Å². The van der Waals surface area contributed by atoms with Crippen LogP contribution in [-0.4, -0.2) is 22.9 Å². The summed E-state index contributed by atoms with van der Waals surface area (Å²) in [5.41, 5.74) is 8.72. The van der Waals surface area contributed by atoms with E-state index in [2.05, 4.69) is 155 Å².